The lowest BCUT2D eigenvalue weighted by Crippen LogP contribution is -2.10. The molecule has 3 heteroatoms. The van der Waals surface area contributed by atoms with E-state index in [1.54, 1.807) is 0 Å². The van der Waals surface area contributed by atoms with Gasteiger partial charge in [0.2, 0.25) is 0 Å². The van der Waals surface area contributed by atoms with E-state index in [0.717, 1.165) is 32.9 Å². The Morgan fingerprint density at radius 3 is 0.736 bits per heavy atom. The van der Waals surface area contributed by atoms with E-state index in [1.165, 1.54) is 109 Å². The summed E-state index contributed by atoms with van der Waals surface area (Å²) in [4.78, 5) is 2.37. The normalized spacial score (nSPS) is 11.0. The Morgan fingerprint density at radius 1 is 0.184 bits per heavy atom. The topological polar surface area (TPSA) is 15.3 Å². The number of hydrogen-bond donors (Lipinski definition) is 1. The fraction of sp³-hybridized carbons (Fsp3) is 0. The molecule has 0 unspecified atom stereocenters. The second-order valence-corrected chi connectivity index (χ2v) is 22.7. The lowest BCUT2D eigenvalue weighted by molar-refractivity contribution is 1.29. The molecule has 87 heavy (non-hydrogen) atoms. The molecule has 1 N–H and O–H groups in total. The Bertz CT molecular complexity index is 4780. The van der Waals surface area contributed by atoms with Crippen molar-refractivity contribution in [2.45, 2.75) is 0 Å². The summed E-state index contributed by atoms with van der Waals surface area (Å²) in [6, 6.07) is 125. The van der Waals surface area contributed by atoms with Gasteiger partial charge >= 0.3 is 0 Å². The van der Waals surface area contributed by atoms with Crippen LogP contribution in [-0.4, -0.2) is 0 Å². The number of rotatable bonds is 9. The maximum Gasteiger partial charge on any atom is 0.0468 e. The highest BCUT2D eigenvalue weighted by atomic mass is 79.9. The maximum atomic E-state index is 3.58. The SMILES string of the molecule is Brc1ccc2c3ccccc3c3ccccc3c2c1.c1ccc(-c2ccc(N(c3ccc(-c4ccccc4)cc3)c3ccc4c5ccccc5c5ccccc5c4c3)cc2)cc1.c1ccc(-c2ccc(Nc3ccc(-c4ccccc4)cc3)cc2)cc1. The molecule has 0 amide bonds. The van der Waals surface area contributed by atoms with Gasteiger partial charge in [0.1, 0.15) is 0 Å². The lowest BCUT2D eigenvalue weighted by Gasteiger charge is -2.26. The van der Waals surface area contributed by atoms with Crippen molar-refractivity contribution in [1.29, 1.82) is 0 Å². The molecule has 0 fully saturated rings. The summed E-state index contributed by atoms with van der Waals surface area (Å²) < 4.78 is 1.13. The molecule has 0 aromatic heterocycles. The summed E-state index contributed by atoms with van der Waals surface area (Å²) in [6.45, 7) is 0. The average molecular weight is 1180 g/mol. The number of nitrogens with zero attached hydrogens (tertiary/aromatic N) is 1. The third kappa shape index (κ3) is 11.5. The van der Waals surface area contributed by atoms with Crippen molar-refractivity contribution in [2.75, 3.05) is 10.2 Å². The zero-order valence-electron chi connectivity index (χ0n) is 47.8. The summed E-state index contributed by atoms with van der Waals surface area (Å²) in [7, 11) is 0. The fourth-order valence-corrected chi connectivity index (χ4v) is 12.5. The number of fused-ring (bicyclic) bond motifs is 12. The monoisotopic (exact) mass is 1170 g/mol. The van der Waals surface area contributed by atoms with E-state index in [-0.39, 0.29) is 0 Å². The van der Waals surface area contributed by atoms with Crippen LogP contribution in [0.3, 0.4) is 0 Å². The largest absolute Gasteiger partial charge is 0.356 e. The maximum absolute atomic E-state index is 3.58. The van der Waals surface area contributed by atoms with Crippen LogP contribution in [0, 0.1) is 0 Å². The van der Waals surface area contributed by atoms with Crippen molar-refractivity contribution in [1.82, 2.24) is 0 Å². The van der Waals surface area contributed by atoms with Crippen LogP contribution in [0.25, 0.3) is 109 Å². The highest BCUT2D eigenvalue weighted by molar-refractivity contribution is 9.10. The summed E-state index contributed by atoms with van der Waals surface area (Å²) in [5.74, 6) is 0. The van der Waals surface area contributed by atoms with Crippen LogP contribution in [0.5, 0.6) is 0 Å². The number of nitrogens with one attached hydrogen (secondary N) is 1. The van der Waals surface area contributed by atoms with E-state index in [4.69, 9.17) is 0 Å². The van der Waals surface area contributed by atoms with Gasteiger partial charge in [-0.25, -0.2) is 0 Å². The van der Waals surface area contributed by atoms with Gasteiger partial charge in [-0.1, -0.05) is 295 Å². The Balaban J connectivity index is 0.000000127. The molecule has 0 saturated heterocycles. The van der Waals surface area contributed by atoms with Crippen LogP contribution >= 0.6 is 15.9 Å². The van der Waals surface area contributed by atoms with Crippen LogP contribution in [-0.2, 0) is 0 Å². The predicted molar refractivity (Wildman–Crippen MR) is 378 cm³/mol. The Morgan fingerprint density at radius 2 is 0.414 bits per heavy atom. The molecule has 0 aliphatic heterocycles. The molecule has 16 aromatic rings. The zero-order chi connectivity index (χ0) is 58.3. The van der Waals surface area contributed by atoms with Gasteiger partial charge in [-0.05, 0) is 182 Å². The van der Waals surface area contributed by atoms with E-state index in [1.807, 2.05) is 12.1 Å². The van der Waals surface area contributed by atoms with Crippen molar-refractivity contribution < 1.29 is 0 Å². The van der Waals surface area contributed by atoms with Gasteiger partial charge in [0, 0.05) is 32.9 Å². The predicted octanol–water partition coefficient (Wildman–Crippen LogP) is 24.6. The van der Waals surface area contributed by atoms with Crippen LogP contribution in [0.4, 0.5) is 28.4 Å². The Kier molecular flexibility index (Phi) is 15.4. The molecule has 0 bridgehead atoms. The van der Waals surface area contributed by atoms with Gasteiger partial charge in [-0.15, -0.1) is 0 Å². The Labute approximate surface area is 516 Å². The molecule has 0 aliphatic rings. The molecule has 0 atom stereocenters. The minimum atomic E-state index is 1.09. The van der Waals surface area contributed by atoms with E-state index in [9.17, 15) is 0 Å². The first kappa shape index (κ1) is 54.1. The second-order valence-electron chi connectivity index (χ2n) is 21.8. The van der Waals surface area contributed by atoms with Gasteiger partial charge in [-0.3, -0.25) is 0 Å². The van der Waals surface area contributed by atoms with Crippen LogP contribution in [0.15, 0.2) is 356 Å². The molecule has 0 aliphatic carbocycles. The summed E-state index contributed by atoms with van der Waals surface area (Å²) in [5, 5.41) is 19.1. The highest BCUT2D eigenvalue weighted by Crippen LogP contribution is 2.42. The van der Waals surface area contributed by atoms with Crippen molar-refractivity contribution in [3.8, 4) is 44.5 Å². The van der Waals surface area contributed by atoms with Crippen molar-refractivity contribution in [3.05, 3.63) is 356 Å². The third-order valence-electron chi connectivity index (χ3n) is 16.4. The minimum absolute atomic E-state index is 1.09. The Hall–Kier alpha value is -10.8. The molecule has 0 heterocycles. The highest BCUT2D eigenvalue weighted by Gasteiger charge is 2.17. The molecule has 0 saturated carbocycles. The van der Waals surface area contributed by atoms with Crippen LogP contribution < -0.4 is 10.2 Å². The van der Waals surface area contributed by atoms with E-state index >= 15 is 0 Å². The van der Waals surface area contributed by atoms with Crippen LogP contribution in [0.2, 0.25) is 0 Å². The molecule has 16 rings (SSSR count). The van der Waals surface area contributed by atoms with Gasteiger partial charge in [0.15, 0.2) is 0 Å². The molecule has 412 valence electrons. The van der Waals surface area contributed by atoms with Crippen molar-refractivity contribution in [3.63, 3.8) is 0 Å². The molecule has 0 spiro atoms. The first-order chi connectivity index (χ1) is 43.1. The third-order valence-corrected chi connectivity index (χ3v) is 16.9. The van der Waals surface area contributed by atoms with E-state index in [0.29, 0.717) is 0 Å². The number of halogens is 1. The van der Waals surface area contributed by atoms with Gasteiger partial charge < -0.3 is 10.2 Å². The number of hydrogen-bond acceptors (Lipinski definition) is 2. The van der Waals surface area contributed by atoms with E-state index < -0.39 is 0 Å². The molecule has 0 radical (unpaired) electrons. The fourth-order valence-electron chi connectivity index (χ4n) is 12.1. The van der Waals surface area contributed by atoms with Crippen molar-refractivity contribution in [2.24, 2.45) is 0 Å². The molecular formula is C84H59BrN2. The molecule has 16 aromatic carbocycles. The smallest absolute Gasteiger partial charge is 0.0468 e. The summed E-state index contributed by atoms with van der Waals surface area (Å²) in [6.07, 6.45) is 0. The minimum Gasteiger partial charge on any atom is -0.356 e. The van der Waals surface area contributed by atoms with Crippen molar-refractivity contribution >= 4 is 109 Å². The molecular weight excluding hydrogens is 1120 g/mol. The quantitative estimate of drug-likeness (QED) is 0.145. The first-order valence-corrected chi connectivity index (χ1v) is 30.4. The van der Waals surface area contributed by atoms with E-state index in [2.05, 4.69) is 366 Å². The lowest BCUT2D eigenvalue weighted by atomic mass is 9.94. The zero-order valence-corrected chi connectivity index (χ0v) is 49.4. The van der Waals surface area contributed by atoms with Gasteiger partial charge in [-0.2, -0.15) is 0 Å². The number of anilines is 5. The van der Waals surface area contributed by atoms with Gasteiger partial charge in [0.05, 0.1) is 0 Å². The average Bonchev–Trinajstić information content (AvgIpc) is 2.72. The second kappa shape index (κ2) is 24.8. The van der Waals surface area contributed by atoms with Crippen LogP contribution in [0.1, 0.15) is 0 Å². The first-order valence-electron chi connectivity index (χ1n) is 29.6. The van der Waals surface area contributed by atoms with Gasteiger partial charge in [0.25, 0.3) is 0 Å². The number of benzene rings is 16. The summed E-state index contributed by atoms with van der Waals surface area (Å²) in [5.41, 5.74) is 15.3. The summed E-state index contributed by atoms with van der Waals surface area (Å²) >= 11 is 3.58. The molecule has 2 nitrogen and oxygen atoms in total. The standard InChI is InChI=1S/C42H29N.C24H19N.C18H11Br/c1-3-11-30(12-4-1)32-19-23-34(24-20-32)43(35-25-21-33(22-26-35)31-13-5-2-6-14-31)36-27-28-41-39-17-8-7-15-37(39)38-16-9-10-18-40(38)42(41)29-36;1-3-7-19(8-4-1)21-11-15-23(16-12-21)25-24-17-13-22(14-18-24)20-9-5-2-6-10-20;19-12-9-10-17-15-7-2-1-5-13(15)14-6-3-4-8-16(14)18(17)11-12/h1-29H;1-18,25H;1-11H.